The van der Waals surface area contributed by atoms with Crippen molar-refractivity contribution in [1.29, 1.82) is 0 Å². The zero-order valence-corrected chi connectivity index (χ0v) is 19.2. The third kappa shape index (κ3) is 4.55. The first kappa shape index (κ1) is 21.7. The molecule has 4 rings (SSSR count). The summed E-state index contributed by atoms with van der Waals surface area (Å²) in [4.78, 5) is 6.32. The van der Waals surface area contributed by atoms with Crippen molar-refractivity contribution in [2.75, 3.05) is 19.4 Å². The minimum Gasteiger partial charge on any atom is -0.496 e. The SMILES string of the molecule is CCS(=O)(=O)c1ccc(OC)c(-c2ccc(CN3CCC[C@@H]3c3ccc(C)cc3)[nH]2)c1. The van der Waals surface area contributed by atoms with Gasteiger partial charge in [-0.2, -0.15) is 0 Å². The second-order valence-electron chi connectivity index (χ2n) is 8.20. The Morgan fingerprint density at radius 1 is 1.10 bits per heavy atom. The molecular weight excluding hydrogens is 408 g/mol. The lowest BCUT2D eigenvalue weighted by atomic mass is 10.0. The van der Waals surface area contributed by atoms with Crippen LogP contribution >= 0.6 is 0 Å². The van der Waals surface area contributed by atoms with Crippen LogP contribution in [0.25, 0.3) is 11.3 Å². The topological polar surface area (TPSA) is 62.4 Å². The molecule has 164 valence electrons. The first-order valence-electron chi connectivity index (χ1n) is 10.8. The van der Waals surface area contributed by atoms with Crippen LogP contribution in [0.4, 0.5) is 0 Å². The van der Waals surface area contributed by atoms with Crippen LogP contribution in [0.15, 0.2) is 59.5 Å². The Morgan fingerprint density at radius 3 is 2.58 bits per heavy atom. The lowest BCUT2D eigenvalue weighted by molar-refractivity contribution is 0.246. The molecule has 0 amide bonds. The van der Waals surface area contributed by atoms with Gasteiger partial charge in [-0.25, -0.2) is 8.42 Å². The van der Waals surface area contributed by atoms with Crippen molar-refractivity contribution in [3.63, 3.8) is 0 Å². The molecule has 2 aromatic carbocycles. The van der Waals surface area contributed by atoms with E-state index in [0.717, 1.165) is 30.0 Å². The van der Waals surface area contributed by atoms with Gasteiger partial charge in [0.05, 0.1) is 17.8 Å². The Morgan fingerprint density at radius 2 is 1.87 bits per heavy atom. The maximum absolute atomic E-state index is 12.4. The maximum Gasteiger partial charge on any atom is 0.178 e. The van der Waals surface area contributed by atoms with Gasteiger partial charge in [0, 0.05) is 29.5 Å². The predicted octanol–water partition coefficient (Wildman–Crippen LogP) is 5.13. The summed E-state index contributed by atoms with van der Waals surface area (Å²) in [5.74, 6) is 0.728. The van der Waals surface area contributed by atoms with Gasteiger partial charge < -0.3 is 9.72 Å². The number of ether oxygens (including phenoxy) is 1. The number of aryl methyl sites for hydroxylation is 1. The lowest BCUT2D eigenvalue weighted by Crippen LogP contribution is -2.22. The molecule has 0 bridgehead atoms. The second kappa shape index (κ2) is 8.89. The minimum absolute atomic E-state index is 0.0735. The van der Waals surface area contributed by atoms with E-state index in [1.807, 2.05) is 6.07 Å². The van der Waals surface area contributed by atoms with Crippen LogP contribution in [-0.4, -0.2) is 37.7 Å². The Bertz CT molecular complexity index is 1150. The molecule has 31 heavy (non-hydrogen) atoms. The van der Waals surface area contributed by atoms with E-state index in [2.05, 4.69) is 47.1 Å². The molecule has 1 aromatic heterocycles. The predicted molar refractivity (Wildman–Crippen MR) is 124 cm³/mol. The first-order valence-corrected chi connectivity index (χ1v) is 12.5. The Hall–Kier alpha value is -2.57. The molecule has 1 atom stereocenters. The van der Waals surface area contributed by atoms with Crippen molar-refractivity contribution < 1.29 is 13.2 Å². The maximum atomic E-state index is 12.4. The molecule has 3 aromatic rings. The Balaban J connectivity index is 1.58. The van der Waals surface area contributed by atoms with E-state index in [-0.39, 0.29) is 5.75 Å². The zero-order chi connectivity index (χ0) is 22.0. The highest BCUT2D eigenvalue weighted by Crippen LogP contribution is 2.35. The third-order valence-electron chi connectivity index (χ3n) is 6.15. The smallest absolute Gasteiger partial charge is 0.178 e. The fraction of sp³-hybridized carbons (Fsp3) is 0.360. The molecule has 0 aliphatic carbocycles. The van der Waals surface area contributed by atoms with Crippen LogP contribution in [0.1, 0.15) is 42.6 Å². The number of benzene rings is 2. The number of methoxy groups -OCH3 is 1. The van der Waals surface area contributed by atoms with Gasteiger partial charge in [0.1, 0.15) is 5.75 Å². The van der Waals surface area contributed by atoms with Crippen LogP contribution in [0.3, 0.4) is 0 Å². The highest BCUT2D eigenvalue weighted by Gasteiger charge is 2.26. The summed E-state index contributed by atoms with van der Waals surface area (Å²) in [6.45, 7) is 5.67. The summed E-state index contributed by atoms with van der Waals surface area (Å²) in [7, 11) is -1.68. The van der Waals surface area contributed by atoms with Gasteiger partial charge in [-0.15, -0.1) is 0 Å². The summed E-state index contributed by atoms with van der Waals surface area (Å²) < 4.78 is 30.2. The number of hydrogen-bond acceptors (Lipinski definition) is 4. The number of nitrogens with one attached hydrogen (secondary N) is 1. The Kier molecular flexibility index (Phi) is 6.21. The molecule has 1 fully saturated rings. The molecule has 5 nitrogen and oxygen atoms in total. The van der Waals surface area contributed by atoms with Gasteiger partial charge in [-0.1, -0.05) is 36.8 Å². The van der Waals surface area contributed by atoms with Crippen molar-refractivity contribution in [2.24, 2.45) is 0 Å². The molecular formula is C25H30N2O3S. The monoisotopic (exact) mass is 438 g/mol. The van der Waals surface area contributed by atoms with Gasteiger partial charge in [-0.3, -0.25) is 4.90 Å². The fourth-order valence-corrected chi connectivity index (χ4v) is 5.25. The summed E-state index contributed by atoms with van der Waals surface area (Å²) >= 11 is 0. The molecule has 0 saturated carbocycles. The van der Waals surface area contributed by atoms with Crippen molar-refractivity contribution in [3.8, 4) is 17.0 Å². The molecule has 6 heteroatoms. The van der Waals surface area contributed by atoms with Gasteiger partial charge in [0.25, 0.3) is 0 Å². The number of aromatic nitrogens is 1. The van der Waals surface area contributed by atoms with E-state index in [9.17, 15) is 8.42 Å². The summed E-state index contributed by atoms with van der Waals surface area (Å²) in [5, 5.41) is 0. The average Bonchev–Trinajstić information content (AvgIpc) is 3.44. The average molecular weight is 439 g/mol. The second-order valence-corrected chi connectivity index (χ2v) is 10.5. The number of rotatable bonds is 7. The van der Waals surface area contributed by atoms with E-state index in [0.29, 0.717) is 16.7 Å². The van der Waals surface area contributed by atoms with Crippen molar-refractivity contribution >= 4 is 9.84 Å². The van der Waals surface area contributed by atoms with E-state index in [1.165, 1.54) is 24.0 Å². The standard InChI is InChI=1S/C25H30N2O3S/c1-4-31(28,29)21-12-14-25(30-3)22(16-21)23-13-11-20(26-23)17-27-15-5-6-24(27)19-9-7-18(2)8-10-19/h7-14,16,24,26H,4-6,15,17H2,1-3H3/t24-/m1/s1. The quantitative estimate of drug-likeness (QED) is 0.555. The van der Waals surface area contributed by atoms with E-state index in [4.69, 9.17) is 4.74 Å². The Labute approximate surface area is 185 Å². The number of sulfone groups is 1. The largest absolute Gasteiger partial charge is 0.496 e. The highest BCUT2D eigenvalue weighted by molar-refractivity contribution is 7.91. The lowest BCUT2D eigenvalue weighted by Gasteiger charge is -2.24. The molecule has 1 saturated heterocycles. The van der Waals surface area contributed by atoms with Crippen molar-refractivity contribution in [2.45, 2.75) is 44.2 Å². The highest BCUT2D eigenvalue weighted by atomic mass is 32.2. The van der Waals surface area contributed by atoms with Crippen LogP contribution in [0.2, 0.25) is 0 Å². The normalized spacial score (nSPS) is 17.2. The summed E-state index contributed by atoms with van der Waals surface area (Å²) in [6, 6.07) is 18.4. The van der Waals surface area contributed by atoms with Crippen LogP contribution in [0, 0.1) is 6.92 Å². The van der Waals surface area contributed by atoms with E-state index >= 15 is 0 Å². The number of hydrogen-bond donors (Lipinski definition) is 1. The number of nitrogens with zero attached hydrogens (tertiary/aromatic N) is 1. The van der Waals surface area contributed by atoms with Crippen LogP contribution < -0.4 is 4.74 Å². The minimum atomic E-state index is -3.28. The summed E-state index contributed by atoms with van der Waals surface area (Å²) in [6.07, 6.45) is 2.36. The zero-order valence-electron chi connectivity index (χ0n) is 18.4. The first-order chi connectivity index (χ1) is 14.9. The van der Waals surface area contributed by atoms with Crippen molar-refractivity contribution in [1.82, 2.24) is 9.88 Å². The van der Waals surface area contributed by atoms with Crippen LogP contribution in [-0.2, 0) is 16.4 Å². The molecule has 0 spiro atoms. The third-order valence-corrected chi connectivity index (χ3v) is 7.88. The molecule has 0 radical (unpaired) electrons. The van der Waals surface area contributed by atoms with Gasteiger partial charge in [-0.05, 0) is 62.2 Å². The molecule has 2 heterocycles. The number of likely N-dealkylation sites (tertiary alicyclic amines) is 1. The molecule has 1 aliphatic rings. The number of aromatic amines is 1. The fourth-order valence-electron chi connectivity index (χ4n) is 4.35. The summed E-state index contributed by atoms with van der Waals surface area (Å²) in [5.41, 5.74) is 5.39. The van der Waals surface area contributed by atoms with Gasteiger partial charge in [0.15, 0.2) is 9.84 Å². The van der Waals surface area contributed by atoms with Gasteiger partial charge >= 0.3 is 0 Å². The molecule has 0 unspecified atom stereocenters. The van der Waals surface area contributed by atoms with E-state index < -0.39 is 9.84 Å². The van der Waals surface area contributed by atoms with E-state index in [1.54, 1.807) is 32.2 Å². The number of H-pyrrole nitrogens is 1. The van der Waals surface area contributed by atoms with Gasteiger partial charge in [0.2, 0.25) is 0 Å². The molecule has 1 aliphatic heterocycles. The van der Waals surface area contributed by atoms with Crippen LogP contribution in [0.5, 0.6) is 5.75 Å². The molecule has 1 N–H and O–H groups in total. The van der Waals surface area contributed by atoms with Crippen molar-refractivity contribution in [3.05, 3.63) is 71.4 Å².